The molecular weight excluding hydrogens is 254 g/mol. The van der Waals surface area contributed by atoms with Gasteiger partial charge in [-0.05, 0) is 18.8 Å². The number of aliphatic hydroxyl groups excluding tert-OH is 1. The van der Waals surface area contributed by atoms with E-state index in [4.69, 9.17) is 9.52 Å². The van der Waals surface area contributed by atoms with Crippen LogP contribution in [0, 0.1) is 5.92 Å². The number of rotatable bonds is 4. The van der Waals surface area contributed by atoms with Crippen LogP contribution in [0.5, 0.6) is 0 Å². The van der Waals surface area contributed by atoms with Crippen molar-refractivity contribution in [1.82, 2.24) is 4.98 Å². The Morgan fingerprint density at radius 3 is 3.06 bits per heavy atom. The minimum absolute atomic E-state index is 0.0315. The predicted molar refractivity (Wildman–Crippen MR) is 67.1 cm³/mol. The van der Waals surface area contributed by atoms with Gasteiger partial charge < -0.3 is 9.52 Å². The highest BCUT2D eigenvalue weighted by Crippen LogP contribution is 2.23. The molecule has 1 N–H and O–H groups in total. The van der Waals surface area contributed by atoms with Gasteiger partial charge in [-0.2, -0.15) is 0 Å². The molecule has 1 aromatic heterocycles. The van der Waals surface area contributed by atoms with Crippen molar-refractivity contribution in [3.63, 3.8) is 0 Å². The summed E-state index contributed by atoms with van der Waals surface area (Å²) in [5, 5.41) is 9.03. The van der Waals surface area contributed by atoms with Gasteiger partial charge in [0.15, 0.2) is 15.7 Å². The summed E-state index contributed by atoms with van der Waals surface area (Å²) in [4.78, 5) is 4.30. The highest BCUT2D eigenvalue weighted by atomic mass is 32.2. The third-order valence-corrected chi connectivity index (χ3v) is 5.26. The van der Waals surface area contributed by atoms with E-state index in [1.165, 1.54) is 0 Å². The molecule has 6 heteroatoms. The van der Waals surface area contributed by atoms with E-state index in [1.807, 2.05) is 6.92 Å². The second kappa shape index (κ2) is 5.40. The summed E-state index contributed by atoms with van der Waals surface area (Å²) in [5.41, 5.74) is 0.728. The van der Waals surface area contributed by atoms with Gasteiger partial charge in [-0.1, -0.05) is 6.92 Å². The van der Waals surface area contributed by atoms with Gasteiger partial charge in [-0.3, -0.25) is 0 Å². The molecule has 2 rings (SSSR count). The molecule has 0 aliphatic carbocycles. The summed E-state index contributed by atoms with van der Waals surface area (Å²) in [5.74, 6) is 1.19. The first-order chi connectivity index (χ1) is 8.50. The van der Waals surface area contributed by atoms with Gasteiger partial charge in [-0.25, -0.2) is 13.4 Å². The molecule has 0 bridgehead atoms. The monoisotopic (exact) mass is 273 g/mol. The molecule has 5 nitrogen and oxygen atoms in total. The van der Waals surface area contributed by atoms with Crippen LogP contribution in [-0.4, -0.2) is 36.6 Å². The molecule has 0 spiro atoms. The molecule has 102 valence electrons. The van der Waals surface area contributed by atoms with Gasteiger partial charge in [0.2, 0.25) is 0 Å². The third-order valence-electron chi connectivity index (χ3n) is 3.37. The smallest absolute Gasteiger partial charge is 0.194 e. The number of sulfone groups is 1. The van der Waals surface area contributed by atoms with Crippen molar-refractivity contribution in [2.24, 2.45) is 5.92 Å². The summed E-state index contributed by atoms with van der Waals surface area (Å²) in [7, 11) is -2.88. The molecule has 1 aromatic rings. The highest BCUT2D eigenvalue weighted by molar-refractivity contribution is 7.91. The van der Waals surface area contributed by atoms with E-state index in [9.17, 15) is 8.42 Å². The topological polar surface area (TPSA) is 80.4 Å². The highest BCUT2D eigenvalue weighted by Gasteiger charge is 2.26. The predicted octanol–water partition coefficient (Wildman–Crippen LogP) is 1.14. The number of hydrogen-bond donors (Lipinski definition) is 1. The van der Waals surface area contributed by atoms with E-state index in [-0.39, 0.29) is 24.2 Å². The Labute approximate surface area is 107 Å². The molecule has 0 aromatic carbocycles. The average molecular weight is 273 g/mol. The van der Waals surface area contributed by atoms with Crippen molar-refractivity contribution in [1.29, 1.82) is 0 Å². The molecule has 1 saturated heterocycles. The molecule has 2 atom stereocenters. The zero-order valence-electron chi connectivity index (χ0n) is 10.5. The van der Waals surface area contributed by atoms with Crippen molar-refractivity contribution < 1.29 is 17.9 Å². The zero-order chi connectivity index (χ0) is 13.2. The van der Waals surface area contributed by atoms with Crippen LogP contribution >= 0.6 is 0 Å². The lowest BCUT2D eigenvalue weighted by Crippen LogP contribution is -2.26. The lowest BCUT2D eigenvalue weighted by Gasteiger charge is -2.20. The molecule has 2 heterocycles. The number of aromatic nitrogens is 1. The quantitative estimate of drug-likeness (QED) is 0.889. The van der Waals surface area contributed by atoms with Crippen LogP contribution in [0.25, 0.3) is 0 Å². The zero-order valence-corrected chi connectivity index (χ0v) is 11.3. The van der Waals surface area contributed by atoms with Crippen LogP contribution in [0.2, 0.25) is 0 Å². The van der Waals surface area contributed by atoms with Crippen molar-refractivity contribution in [3.8, 4) is 0 Å². The van der Waals surface area contributed by atoms with E-state index in [1.54, 1.807) is 6.26 Å². The summed E-state index contributed by atoms with van der Waals surface area (Å²) < 4.78 is 28.4. The molecule has 1 fully saturated rings. The van der Waals surface area contributed by atoms with E-state index >= 15 is 0 Å². The molecule has 0 amide bonds. The Morgan fingerprint density at radius 2 is 2.39 bits per heavy atom. The first kappa shape index (κ1) is 13.5. The minimum atomic E-state index is -2.88. The van der Waals surface area contributed by atoms with Crippen LogP contribution in [0.15, 0.2) is 10.7 Å². The van der Waals surface area contributed by atoms with Gasteiger partial charge >= 0.3 is 0 Å². The number of hydrogen-bond acceptors (Lipinski definition) is 5. The first-order valence-corrected chi connectivity index (χ1v) is 8.08. The van der Waals surface area contributed by atoms with Crippen molar-refractivity contribution in [2.75, 3.05) is 18.1 Å². The Balaban J connectivity index is 1.99. The van der Waals surface area contributed by atoms with Crippen LogP contribution in [-0.2, 0) is 16.3 Å². The standard InChI is InChI=1S/C12H19NO4S/c1-9(6-14)11-7-17-12(13-11)5-10-3-2-4-18(15,16)8-10/h7,9-10,14H,2-6,8H2,1H3. The van der Waals surface area contributed by atoms with Gasteiger partial charge in [0, 0.05) is 12.3 Å². The fourth-order valence-electron chi connectivity index (χ4n) is 2.26. The van der Waals surface area contributed by atoms with Crippen LogP contribution in [0.3, 0.4) is 0 Å². The normalized spacial score (nSPS) is 24.9. The Hall–Kier alpha value is -0.880. The van der Waals surface area contributed by atoms with E-state index in [2.05, 4.69) is 4.98 Å². The first-order valence-electron chi connectivity index (χ1n) is 6.26. The van der Waals surface area contributed by atoms with E-state index in [0.29, 0.717) is 18.1 Å². The summed E-state index contributed by atoms with van der Waals surface area (Å²) in [6.45, 7) is 1.90. The van der Waals surface area contributed by atoms with E-state index < -0.39 is 9.84 Å². The Morgan fingerprint density at radius 1 is 1.61 bits per heavy atom. The lowest BCUT2D eigenvalue weighted by molar-refractivity contribution is 0.271. The average Bonchev–Trinajstić information content (AvgIpc) is 2.75. The Bertz CT molecular complexity index is 494. The summed E-state index contributed by atoms with van der Waals surface area (Å²) in [6.07, 6.45) is 3.75. The van der Waals surface area contributed by atoms with E-state index in [0.717, 1.165) is 18.5 Å². The van der Waals surface area contributed by atoms with Crippen molar-refractivity contribution in [3.05, 3.63) is 17.8 Å². The number of oxazole rings is 1. The molecule has 1 aliphatic rings. The van der Waals surface area contributed by atoms with Gasteiger partial charge in [0.05, 0.1) is 23.8 Å². The maximum Gasteiger partial charge on any atom is 0.194 e. The fourth-order valence-corrected chi connectivity index (χ4v) is 4.04. The maximum atomic E-state index is 11.5. The number of aliphatic hydroxyl groups is 1. The van der Waals surface area contributed by atoms with Gasteiger partial charge in [0.25, 0.3) is 0 Å². The maximum absolute atomic E-state index is 11.5. The third kappa shape index (κ3) is 3.32. The van der Waals surface area contributed by atoms with Gasteiger partial charge in [-0.15, -0.1) is 0 Å². The molecule has 1 aliphatic heterocycles. The Kier molecular flexibility index (Phi) is 4.07. The summed E-state index contributed by atoms with van der Waals surface area (Å²) in [6, 6.07) is 0. The van der Waals surface area contributed by atoms with Gasteiger partial charge in [0.1, 0.15) is 6.26 Å². The lowest BCUT2D eigenvalue weighted by atomic mass is 10.0. The molecular formula is C12H19NO4S. The molecule has 18 heavy (non-hydrogen) atoms. The SMILES string of the molecule is CC(CO)c1coc(CC2CCCS(=O)(=O)C2)n1. The van der Waals surface area contributed by atoms with Crippen LogP contribution < -0.4 is 0 Å². The molecule has 0 radical (unpaired) electrons. The van der Waals surface area contributed by atoms with Crippen molar-refractivity contribution >= 4 is 9.84 Å². The fraction of sp³-hybridized carbons (Fsp3) is 0.750. The van der Waals surface area contributed by atoms with Crippen LogP contribution in [0.4, 0.5) is 0 Å². The van der Waals surface area contributed by atoms with Crippen molar-refractivity contribution in [2.45, 2.75) is 32.1 Å². The second-order valence-electron chi connectivity index (χ2n) is 5.08. The largest absolute Gasteiger partial charge is 0.449 e. The molecule has 2 unspecified atom stereocenters. The summed E-state index contributed by atoms with van der Waals surface area (Å²) >= 11 is 0. The minimum Gasteiger partial charge on any atom is -0.449 e. The number of nitrogens with zero attached hydrogens (tertiary/aromatic N) is 1. The molecule has 0 saturated carbocycles. The van der Waals surface area contributed by atoms with Crippen LogP contribution in [0.1, 0.15) is 37.3 Å². The second-order valence-corrected chi connectivity index (χ2v) is 7.31.